The van der Waals surface area contributed by atoms with Crippen LogP contribution >= 0.6 is 11.8 Å². The molecule has 2 atom stereocenters. The predicted octanol–water partition coefficient (Wildman–Crippen LogP) is -0.135. The molecule has 1 aromatic rings. The van der Waals surface area contributed by atoms with E-state index in [0.717, 1.165) is 0 Å². The Morgan fingerprint density at radius 3 is 3.19 bits per heavy atom. The summed E-state index contributed by atoms with van der Waals surface area (Å²) in [5.41, 5.74) is -0.600. The third kappa shape index (κ3) is 2.21. The highest BCUT2D eigenvalue weighted by Gasteiger charge is 2.27. The molecule has 6 nitrogen and oxygen atoms in total. The second-order valence-electron chi connectivity index (χ2n) is 3.29. The van der Waals surface area contributed by atoms with Gasteiger partial charge in [0, 0.05) is 19.0 Å². The number of aromatic nitrogens is 2. The summed E-state index contributed by atoms with van der Waals surface area (Å²) < 4.78 is 6.90. The van der Waals surface area contributed by atoms with Gasteiger partial charge in [-0.2, -0.15) is 4.98 Å². The molecule has 1 fully saturated rings. The molecule has 0 amide bonds. The van der Waals surface area contributed by atoms with Crippen LogP contribution in [0.4, 0.5) is 5.82 Å². The van der Waals surface area contributed by atoms with Gasteiger partial charge in [0.1, 0.15) is 17.5 Å². The summed E-state index contributed by atoms with van der Waals surface area (Å²) in [6, 6.07) is 1.71. The minimum absolute atomic E-state index is 0.0437. The maximum Gasteiger partial charge on any atom is 0.351 e. The van der Waals surface area contributed by atoms with E-state index in [0.29, 0.717) is 11.6 Å². The number of nitrogens with one attached hydrogen (secondary N) is 1. The Morgan fingerprint density at radius 1 is 1.81 bits per heavy atom. The van der Waals surface area contributed by atoms with Gasteiger partial charge in [-0.1, -0.05) is 0 Å². The van der Waals surface area contributed by atoms with Crippen LogP contribution in [0.15, 0.2) is 17.1 Å². The van der Waals surface area contributed by atoms with Crippen molar-refractivity contribution in [1.82, 2.24) is 9.55 Å². The van der Waals surface area contributed by atoms with E-state index in [2.05, 4.69) is 10.3 Å². The van der Waals surface area contributed by atoms with Crippen molar-refractivity contribution in [2.45, 2.75) is 11.7 Å². The zero-order valence-corrected chi connectivity index (χ0v) is 9.61. The first kappa shape index (κ1) is 11.4. The van der Waals surface area contributed by atoms with Crippen LogP contribution in [-0.2, 0) is 4.74 Å². The first-order valence-electron chi connectivity index (χ1n) is 4.89. The minimum atomic E-state index is -0.351. The van der Waals surface area contributed by atoms with E-state index in [9.17, 15) is 4.79 Å². The highest BCUT2D eigenvalue weighted by atomic mass is 32.2. The largest absolute Gasteiger partial charge is 0.393 e. The van der Waals surface area contributed by atoms with E-state index in [-0.39, 0.29) is 24.0 Å². The number of aliphatic hydroxyl groups is 1. The number of aliphatic hydroxyl groups excluding tert-OH is 1. The number of nitrogens with zero attached hydrogens (tertiary/aromatic N) is 2. The smallest absolute Gasteiger partial charge is 0.351 e. The lowest BCUT2D eigenvalue weighted by atomic mass is 10.5. The van der Waals surface area contributed by atoms with E-state index in [1.54, 1.807) is 19.3 Å². The Labute approximate surface area is 96.6 Å². The van der Waals surface area contributed by atoms with Crippen LogP contribution in [-0.4, -0.2) is 39.5 Å². The first-order chi connectivity index (χ1) is 7.74. The summed E-state index contributed by atoms with van der Waals surface area (Å²) in [5.74, 6) is 1.18. The van der Waals surface area contributed by atoms with Crippen molar-refractivity contribution in [3.63, 3.8) is 0 Å². The van der Waals surface area contributed by atoms with Crippen molar-refractivity contribution in [1.29, 1.82) is 0 Å². The van der Waals surface area contributed by atoms with Crippen LogP contribution in [0.3, 0.4) is 0 Å². The molecular weight excluding hydrogens is 230 g/mol. The normalized spacial score (nSPS) is 24.6. The van der Waals surface area contributed by atoms with Crippen LogP contribution < -0.4 is 11.0 Å². The molecule has 1 saturated heterocycles. The number of rotatable bonds is 3. The molecule has 7 heteroatoms. The maximum absolute atomic E-state index is 11.6. The molecule has 16 heavy (non-hydrogen) atoms. The van der Waals surface area contributed by atoms with Crippen LogP contribution in [0.25, 0.3) is 0 Å². The van der Waals surface area contributed by atoms with E-state index in [1.807, 2.05) is 0 Å². The summed E-state index contributed by atoms with van der Waals surface area (Å²) in [7, 11) is 1.70. The van der Waals surface area contributed by atoms with E-state index in [4.69, 9.17) is 9.84 Å². The van der Waals surface area contributed by atoms with E-state index >= 15 is 0 Å². The fraction of sp³-hybridized carbons (Fsp3) is 0.556. The Bertz CT molecular complexity index is 423. The van der Waals surface area contributed by atoms with Gasteiger partial charge >= 0.3 is 5.69 Å². The van der Waals surface area contributed by atoms with Crippen molar-refractivity contribution in [3.8, 4) is 0 Å². The molecule has 1 aromatic heterocycles. The number of hydrogen-bond donors (Lipinski definition) is 2. The summed E-state index contributed by atoms with van der Waals surface area (Å²) >= 11 is 1.49. The molecule has 0 radical (unpaired) electrons. The molecule has 2 heterocycles. The topological polar surface area (TPSA) is 76.4 Å². The highest BCUT2D eigenvalue weighted by Crippen LogP contribution is 2.30. The summed E-state index contributed by atoms with van der Waals surface area (Å²) in [6.07, 6.45) is 1.31. The van der Waals surface area contributed by atoms with Gasteiger partial charge < -0.3 is 15.2 Å². The summed E-state index contributed by atoms with van der Waals surface area (Å²) in [6.45, 7) is -0.0437. The van der Waals surface area contributed by atoms with Crippen molar-refractivity contribution >= 4 is 17.6 Å². The molecule has 88 valence electrons. The van der Waals surface area contributed by atoms with E-state index < -0.39 is 0 Å². The quantitative estimate of drug-likeness (QED) is 0.770. The van der Waals surface area contributed by atoms with Gasteiger partial charge in [-0.05, 0) is 6.07 Å². The fourth-order valence-electron chi connectivity index (χ4n) is 1.46. The molecule has 2 N–H and O–H groups in total. The van der Waals surface area contributed by atoms with Crippen molar-refractivity contribution in [2.75, 3.05) is 24.7 Å². The van der Waals surface area contributed by atoms with Crippen molar-refractivity contribution in [3.05, 3.63) is 22.7 Å². The van der Waals surface area contributed by atoms with Gasteiger partial charge in [0.05, 0.1) is 6.61 Å². The van der Waals surface area contributed by atoms with Crippen LogP contribution in [0.2, 0.25) is 0 Å². The number of hydrogen-bond acceptors (Lipinski definition) is 6. The number of thioether (sulfide) groups is 1. The molecule has 1 aliphatic rings. The first-order valence-corrected chi connectivity index (χ1v) is 5.94. The Hall–Kier alpha value is -1.05. The van der Waals surface area contributed by atoms with Crippen LogP contribution in [0, 0.1) is 0 Å². The molecule has 0 aromatic carbocycles. The fourth-order valence-corrected chi connectivity index (χ4v) is 2.39. The Balaban J connectivity index is 2.19. The molecule has 1 unspecified atom stereocenters. The van der Waals surface area contributed by atoms with Gasteiger partial charge in [-0.15, -0.1) is 11.8 Å². The molecule has 1 aliphatic heterocycles. The molecule has 0 spiro atoms. The van der Waals surface area contributed by atoms with Crippen molar-refractivity contribution in [2.24, 2.45) is 0 Å². The van der Waals surface area contributed by atoms with E-state index in [1.165, 1.54) is 16.3 Å². The molecule has 0 saturated carbocycles. The Kier molecular flexibility index (Phi) is 3.47. The third-order valence-corrected chi connectivity index (χ3v) is 3.39. The molecule has 0 bridgehead atoms. The second-order valence-corrected chi connectivity index (χ2v) is 4.48. The van der Waals surface area contributed by atoms with Gasteiger partial charge in [0.2, 0.25) is 0 Å². The average Bonchev–Trinajstić information content (AvgIpc) is 2.77. The standard InChI is InChI=1S/C9H13N3O3S/c1-10-6-2-3-12(9(14)11-6)7-5-16-8(4-13)15-7/h2-3,7-8,13H,4-5H2,1H3,(H,10,11,14)/t7?,8-/m1/s1. The highest BCUT2D eigenvalue weighted by molar-refractivity contribution is 8.00. The Morgan fingerprint density at radius 2 is 2.62 bits per heavy atom. The lowest BCUT2D eigenvalue weighted by molar-refractivity contribution is -0.00629. The second kappa shape index (κ2) is 4.86. The van der Waals surface area contributed by atoms with Gasteiger partial charge in [0.15, 0.2) is 0 Å². The van der Waals surface area contributed by atoms with Crippen LogP contribution in [0.5, 0.6) is 0 Å². The van der Waals surface area contributed by atoms with Gasteiger partial charge in [-0.3, -0.25) is 4.57 Å². The lowest BCUT2D eigenvalue weighted by Gasteiger charge is -2.13. The molecular formula is C9H13N3O3S. The molecule has 2 rings (SSSR count). The maximum atomic E-state index is 11.6. The monoisotopic (exact) mass is 243 g/mol. The average molecular weight is 243 g/mol. The van der Waals surface area contributed by atoms with Crippen LogP contribution in [0.1, 0.15) is 6.23 Å². The molecule has 0 aliphatic carbocycles. The summed E-state index contributed by atoms with van der Waals surface area (Å²) in [5, 5.41) is 11.7. The lowest BCUT2D eigenvalue weighted by Crippen LogP contribution is -2.28. The SMILES string of the molecule is CNc1ccn(C2CS[C@H](CO)O2)c(=O)n1. The van der Waals surface area contributed by atoms with Gasteiger partial charge in [-0.25, -0.2) is 4.79 Å². The van der Waals surface area contributed by atoms with Gasteiger partial charge in [0.25, 0.3) is 0 Å². The third-order valence-electron chi connectivity index (χ3n) is 2.28. The zero-order valence-electron chi connectivity index (χ0n) is 8.79. The van der Waals surface area contributed by atoms with Crippen molar-refractivity contribution < 1.29 is 9.84 Å². The zero-order chi connectivity index (χ0) is 11.5. The number of ether oxygens (including phenoxy) is 1. The summed E-state index contributed by atoms with van der Waals surface area (Å²) in [4.78, 5) is 15.5. The predicted molar refractivity (Wildman–Crippen MR) is 61.5 cm³/mol. The minimum Gasteiger partial charge on any atom is -0.393 e. The number of anilines is 1.